The van der Waals surface area contributed by atoms with Crippen LogP contribution in [0.3, 0.4) is 0 Å². The van der Waals surface area contributed by atoms with Crippen molar-refractivity contribution in [3.8, 4) is 0 Å². The lowest BCUT2D eigenvalue weighted by molar-refractivity contribution is -0.139. The first-order chi connectivity index (χ1) is 11.6. The molecule has 2 aromatic rings. The zero-order valence-electron chi connectivity index (χ0n) is 14.2. The first-order valence-corrected chi connectivity index (χ1v) is 8.27. The highest BCUT2D eigenvalue weighted by atomic mass is 16.5. The quantitative estimate of drug-likeness (QED) is 0.823. The van der Waals surface area contributed by atoms with Crippen molar-refractivity contribution >= 4 is 5.91 Å². The van der Waals surface area contributed by atoms with Gasteiger partial charge < -0.3 is 9.64 Å². The van der Waals surface area contributed by atoms with E-state index in [0.29, 0.717) is 19.7 Å². The van der Waals surface area contributed by atoms with Crippen molar-refractivity contribution in [1.82, 2.24) is 24.6 Å². The molecule has 1 aliphatic rings. The minimum atomic E-state index is 0.0538. The van der Waals surface area contributed by atoms with E-state index in [-0.39, 0.29) is 18.6 Å². The van der Waals surface area contributed by atoms with Crippen LogP contribution in [0.15, 0.2) is 24.7 Å². The van der Waals surface area contributed by atoms with Crippen molar-refractivity contribution in [2.75, 3.05) is 19.7 Å². The Bertz CT molecular complexity index is 686. The Hall–Kier alpha value is -2.28. The fourth-order valence-electron chi connectivity index (χ4n) is 2.96. The summed E-state index contributed by atoms with van der Waals surface area (Å²) in [7, 11) is 0. The van der Waals surface area contributed by atoms with E-state index in [0.717, 1.165) is 29.9 Å². The standard InChI is InChI=1S/C17H23N5O2/c1-13-9-14(2)22(20-13)11-17(23)21-7-8-24-16(10-21)4-3-15-5-6-18-12-19-15/h5-6,9,12,16H,3-4,7-8,10-11H2,1-2H3/t16-/m1/s1. The predicted molar refractivity (Wildman–Crippen MR) is 88.4 cm³/mol. The summed E-state index contributed by atoms with van der Waals surface area (Å²) in [5, 5.41) is 4.36. The van der Waals surface area contributed by atoms with Gasteiger partial charge in [0.2, 0.25) is 5.91 Å². The van der Waals surface area contributed by atoms with Gasteiger partial charge in [-0.1, -0.05) is 0 Å². The third kappa shape index (κ3) is 4.17. The van der Waals surface area contributed by atoms with Gasteiger partial charge in [-0.05, 0) is 38.8 Å². The van der Waals surface area contributed by atoms with Gasteiger partial charge in [-0.15, -0.1) is 0 Å². The molecule has 3 rings (SSSR count). The van der Waals surface area contributed by atoms with Crippen molar-refractivity contribution in [1.29, 1.82) is 0 Å². The number of aromatic nitrogens is 4. The van der Waals surface area contributed by atoms with Gasteiger partial charge in [0, 0.05) is 30.7 Å². The fraction of sp³-hybridized carbons (Fsp3) is 0.529. The molecule has 0 aliphatic carbocycles. The van der Waals surface area contributed by atoms with Crippen LogP contribution in [-0.2, 0) is 22.5 Å². The summed E-state index contributed by atoms with van der Waals surface area (Å²) in [6.45, 7) is 6.05. The molecule has 1 aliphatic heterocycles. The fourth-order valence-corrected chi connectivity index (χ4v) is 2.96. The second-order valence-electron chi connectivity index (χ2n) is 6.16. The van der Waals surface area contributed by atoms with Crippen LogP contribution >= 0.6 is 0 Å². The average Bonchev–Trinajstić information content (AvgIpc) is 2.91. The first-order valence-electron chi connectivity index (χ1n) is 8.27. The monoisotopic (exact) mass is 329 g/mol. The summed E-state index contributed by atoms with van der Waals surface area (Å²) in [6.07, 6.45) is 5.03. The molecule has 1 saturated heterocycles. The molecule has 0 saturated carbocycles. The summed E-state index contributed by atoms with van der Waals surface area (Å²) < 4.78 is 7.57. The van der Waals surface area contributed by atoms with Gasteiger partial charge in [0.1, 0.15) is 12.9 Å². The summed E-state index contributed by atoms with van der Waals surface area (Å²) in [5.41, 5.74) is 2.94. The van der Waals surface area contributed by atoms with Gasteiger partial charge in [-0.2, -0.15) is 5.10 Å². The molecular formula is C17H23N5O2. The first kappa shape index (κ1) is 16.6. The highest BCUT2D eigenvalue weighted by Gasteiger charge is 2.24. The largest absolute Gasteiger partial charge is 0.375 e. The van der Waals surface area contributed by atoms with Crippen LogP contribution in [0.25, 0.3) is 0 Å². The molecule has 128 valence electrons. The normalized spacial score (nSPS) is 17.9. The molecule has 1 atom stereocenters. The molecule has 1 amide bonds. The highest BCUT2D eigenvalue weighted by Crippen LogP contribution is 2.12. The Morgan fingerprint density at radius 3 is 3.00 bits per heavy atom. The number of hydrogen-bond donors (Lipinski definition) is 0. The molecule has 0 spiro atoms. The van der Waals surface area contributed by atoms with E-state index in [2.05, 4.69) is 15.1 Å². The topological polar surface area (TPSA) is 73.1 Å². The van der Waals surface area contributed by atoms with E-state index in [9.17, 15) is 4.79 Å². The second kappa shape index (κ2) is 7.53. The lowest BCUT2D eigenvalue weighted by Gasteiger charge is -2.33. The second-order valence-corrected chi connectivity index (χ2v) is 6.16. The van der Waals surface area contributed by atoms with Gasteiger partial charge in [0.25, 0.3) is 0 Å². The number of ether oxygens (including phenoxy) is 1. The van der Waals surface area contributed by atoms with Crippen LogP contribution in [0.4, 0.5) is 0 Å². The molecule has 7 heteroatoms. The van der Waals surface area contributed by atoms with Gasteiger partial charge in [0.05, 0.1) is 18.4 Å². The molecule has 2 aromatic heterocycles. The minimum absolute atomic E-state index is 0.0538. The van der Waals surface area contributed by atoms with Crippen LogP contribution in [0.1, 0.15) is 23.5 Å². The minimum Gasteiger partial charge on any atom is -0.375 e. The molecule has 24 heavy (non-hydrogen) atoms. The molecule has 0 N–H and O–H groups in total. The lowest BCUT2D eigenvalue weighted by atomic mass is 10.1. The Kier molecular flexibility index (Phi) is 5.20. The molecule has 7 nitrogen and oxygen atoms in total. The molecule has 0 aromatic carbocycles. The van der Waals surface area contributed by atoms with Gasteiger partial charge in [-0.25, -0.2) is 9.97 Å². The molecule has 0 bridgehead atoms. The van der Waals surface area contributed by atoms with Gasteiger partial charge in [-0.3, -0.25) is 9.48 Å². The predicted octanol–water partition coefficient (Wildman–Crippen LogP) is 1.15. The van der Waals surface area contributed by atoms with Crippen LogP contribution in [0.2, 0.25) is 0 Å². The summed E-state index contributed by atoms with van der Waals surface area (Å²) in [6, 6.07) is 3.89. The molecule has 1 fully saturated rings. The number of carbonyl (C=O) groups excluding carboxylic acids is 1. The lowest BCUT2D eigenvalue weighted by Crippen LogP contribution is -2.47. The SMILES string of the molecule is Cc1cc(C)n(CC(=O)N2CCO[C@H](CCc3ccncn3)C2)n1. The molecular weight excluding hydrogens is 306 g/mol. The Labute approximate surface area is 141 Å². The van der Waals surface area contributed by atoms with E-state index < -0.39 is 0 Å². The van der Waals surface area contributed by atoms with Crippen LogP contribution in [0.5, 0.6) is 0 Å². The van der Waals surface area contributed by atoms with Crippen molar-refractivity contribution in [3.05, 3.63) is 41.7 Å². The zero-order valence-corrected chi connectivity index (χ0v) is 14.2. The number of carbonyl (C=O) groups is 1. The number of nitrogens with zero attached hydrogens (tertiary/aromatic N) is 5. The van der Waals surface area contributed by atoms with Crippen LogP contribution < -0.4 is 0 Å². The van der Waals surface area contributed by atoms with Crippen molar-refractivity contribution in [2.24, 2.45) is 0 Å². The number of amides is 1. The van der Waals surface area contributed by atoms with Crippen LogP contribution in [0, 0.1) is 13.8 Å². The van der Waals surface area contributed by atoms with E-state index in [1.165, 1.54) is 0 Å². The number of hydrogen-bond acceptors (Lipinski definition) is 5. The Morgan fingerprint density at radius 2 is 2.29 bits per heavy atom. The van der Waals surface area contributed by atoms with Gasteiger partial charge in [0.15, 0.2) is 0 Å². The number of rotatable bonds is 5. The number of aryl methyl sites for hydroxylation is 3. The smallest absolute Gasteiger partial charge is 0.244 e. The summed E-state index contributed by atoms with van der Waals surface area (Å²) in [5.74, 6) is 0.0940. The Balaban J connectivity index is 1.53. The number of morpholine rings is 1. The molecule has 0 radical (unpaired) electrons. The van der Waals surface area contributed by atoms with Crippen molar-refractivity contribution < 1.29 is 9.53 Å². The van der Waals surface area contributed by atoms with Crippen molar-refractivity contribution in [3.63, 3.8) is 0 Å². The maximum Gasteiger partial charge on any atom is 0.244 e. The van der Waals surface area contributed by atoms with E-state index in [1.54, 1.807) is 17.2 Å². The summed E-state index contributed by atoms with van der Waals surface area (Å²) >= 11 is 0. The van der Waals surface area contributed by atoms with E-state index in [1.807, 2.05) is 30.9 Å². The van der Waals surface area contributed by atoms with Crippen molar-refractivity contribution in [2.45, 2.75) is 39.3 Å². The molecule has 0 unspecified atom stereocenters. The van der Waals surface area contributed by atoms with Gasteiger partial charge >= 0.3 is 0 Å². The van der Waals surface area contributed by atoms with E-state index in [4.69, 9.17) is 4.74 Å². The maximum atomic E-state index is 12.5. The third-order valence-electron chi connectivity index (χ3n) is 4.25. The zero-order chi connectivity index (χ0) is 16.9. The van der Waals surface area contributed by atoms with E-state index >= 15 is 0 Å². The highest BCUT2D eigenvalue weighted by molar-refractivity contribution is 5.76. The average molecular weight is 329 g/mol. The summed E-state index contributed by atoms with van der Waals surface area (Å²) in [4.78, 5) is 22.6. The third-order valence-corrected chi connectivity index (χ3v) is 4.25. The van der Waals surface area contributed by atoms with Crippen LogP contribution in [-0.4, -0.2) is 56.4 Å². The Morgan fingerprint density at radius 1 is 1.42 bits per heavy atom. The molecule has 3 heterocycles. The maximum absolute atomic E-state index is 12.5.